The maximum atomic E-state index is 5.06. The van der Waals surface area contributed by atoms with Gasteiger partial charge >= 0.3 is 0 Å². The van der Waals surface area contributed by atoms with E-state index in [1.54, 1.807) is 0 Å². The van der Waals surface area contributed by atoms with Gasteiger partial charge in [-0.25, -0.2) is 9.50 Å². The Kier molecular flexibility index (Phi) is 4.89. The molecule has 158 valence electrons. The normalized spacial score (nSPS) is 17.0. The van der Waals surface area contributed by atoms with Crippen molar-refractivity contribution in [2.45, 2.75) is 32.6 Å². The summed E-state index contributed by atoms with van der Waals surface area (Å²) in [6, 6.07) is 10.4. The largest absolute Gasteiger partial charge is 0.355 e. The van der Waals surface area contributed by atoms with E-state index in [-0.39, 0.29) is 12.4 Å². The van der Waals surface area contributed by atoms with Gasteiger partial charge in [0.15, 0.2) is 5.82 Å². The summed E-state index contributed by atoms with van der Waals surface area (Å²) in [5.74, 6) is 1.05. The van der Waals surface area contributed by atoms with Crippen molar-refractivity contribution in [1.82, 2.24) is 24.6 Å². The minimum Gasteiger partial charge on any atom is -0.355 e. The third-order valence-electron chi connectivity index (χ3n) is 6.87. The Morgan fingerprint density at radius 1 is 0.935 bits per heavy atom. The summed E-state index contributed by atoms with van der Waals surface area (Å²) in [4.78, 5) is 16.3. The molecule has 1 saturated heterocycles. The molecular formula is C24H25ClN6. The molecule has 4 aromatic rings. The van der Waals surface area contributed by atoms with Crippen molar-refractivity contribution in [2.75, 3.05) is 18.0 Å². The Morgan fingerprint density at radius 3 is 2.52 bits per heavy atom. The molecule has 0 bridgehead atoms. The fourth-order valence-electron chi connectivity index (χ4n) is 5.31. The van der Waals surface area contributed by atoms with Crippen LogP contribution in [-0.2, 0) is 12.8 Å². The maximum absolute atomic E-state index is 5.06. The van der Waals surface area contributed by atoms with E-state index in [4.69, 9.17) is 4.98 Å². The molecule has 0 atom stereocenters. The number of fused-ring (bicyclic) bond motifs is 2. The Balaban J connectivity index is 0.00000204. The minimum atomic E-state index is 0. The Bertz CT molecular complexity index is 1200. The SMILES string of the molecule is Cc1nc(N2CCC3(CC2)Cc2cccnc2C3)c2ccnn2c1-c1ccncc1.Cl. The van der Waals surface area contributed by atoms with E-state index in [0.29, 0.717) is 5.41 Å². The number of aromatic nitrogens is 5. The van der Waals surface area contributed by atoms with E-state index < -0.39 is 0 Å². The van der Waals surface area contributed by atoms with E-state index >= 15 is 0 Å². The third kappa shape index (κ3) is 3.26. The first-order chi connectivity index (χ1) is 14.7. The number of halogens is 1. The van der Waals surface area contributed by atoms with Crippen LogP contribution >= 0.6 is 12.4 Å². The van der Waals surface area contributed by atoms with Crippen LogP contribution in [0.3, 0.4) is 0 Å². The summed E-state index contributed by atoms with van der Waals surface area (Å²) >= 11 is 0. The number of hydrogen-bond donors (Lipinski definition) is 0. The zero-order valence-electron chi connectivity index (χ0n) is 17.5. The number of pyridine rings is 2. The smallest absolute Gasteiger partial charge is 0.155 e. The van der Waals surface area contributed by atoms with Crippen molar-refractivity contribution in [1.29, 1.82) is 0 Å². The zero-order valence-corrected chi connectivity index (χ0v) is 18.3. The first kappa shape index (κ1) is 19.9. The maximum Gasteiger partial charge on any atom is 0.155 e. The highest BCUT2D eigenvalue weighted by molar-refractivity contribution is 5.85. The van der Waals surface area contributed by atoms with E-state index in [2.05, 4.69) is 45.1 Å². The highest BCUT2D eigenvalue weighted by Crippen LogP contribution is 2.44. The van der Waals surface area contributed by atoms with Crippen LogP contribution < -0.4 is 4.90 Å². The molecule has 7 heteroatoms. The molecule has 6 nitrogen and oxygen atoms in total. The highest BCUT2D eigenvalue weighted by Gasteiger charge is 2.41. The molecule has 1 aliphatic heterocycles. The van der Waals surface area contributed by atoms with Crippen LogP contribution in [-0.4, -0.2) is 37.7 Å². The monoisotopic (exact) mass is 432 g/mol. The van der Waals surface area contributed by atoms with Gasteiger partial charge in [-0.3, -0.25) is 9.97 Å². The first-order valence-corrected chi connectivity index (χ1v) is 10.6. The molecule has 31 heavy (non-hydrogen) atoms. The quantitative estimate of drug-likeness (QED) is 0.472. The molecule has 0 aromatic carbocycles. The van der Waals surface area contributed by atoms with E-state index in [0.717, 1.165) is 47.8 Å². The number of nitrogens with zero attached hydrogens (tertiary/aromatic N) is 6. The molecule has 0 N–H and O–H groups in total. The molecule has 1 aliphatic carbocycles. The number of anilines is 1. The van der Waals surface area contributed by atoms with Gasteiger partial charge in [0.25, 0.3) is 0 Å². The average Bonchev–Trinajstić information content (AvgIpc) is 3.39. The fraction of sp³-hybridized carbons (Fsp3) is 0.333. The summed E-state index contributed by atoms with van der Waals surface area (Å²) in [5, 5.41) is 4.63. The lowest BCUT2D eigenvalue weighted by Gasteiger charge is -2.40. The predicted octanol–water partition coefficient (Wildman–Crippen LogP) is 4.30. The number of rotatable bonds is 2. The second kappa shape index (κ2) is 7.61. The van der Waals surface area contributed by atoms with E-state index in [9.17, 15) is 0 Å². The molecule has 1 spiro atoms. The molecule has 1 fully saturated rings. The Morgan fingerprint density at radius 2 is 1.74 bits per heavy atom. The number of aryl methyl sites for hydroxylation is 1. The second-order valence-corrected chi connectivity index (χ2v) is 8.68. The zero-order chi connectivity index (χ0) is 20.1. The van der Waals surface area contributed by atoms with Gasteiger partial charge in [-0.1, -0.05) is 6.07 Å². The van der Waals surface area contributed by atoms with Crippen LogP contribution in [0.4, 0.5) is 5.82 Å². The molecule has 0 amide bonds. The standard InChI is InChI=1S/C24H24N6.ClH/c1-17-22(18-4-10-25-11-5-18)30-21(6-12-27-30)23(28-17)29-13-7-24(8-14-29)15-19-3-2-9-26-20(19)16-24;/h2-6,9-12H,7-8,13-16H2,1H3;1H. The van der Waals surface area contributed by atoms with Crippen molar-refractivity contribution in [2.24, 2.45) is 5.41 Å². The molecular weight excluding hydrogens is 408 g/mol. The van der Waals surface area contributed by atoms with Crippen LogP contribution in [0.25, 0.3) is 16.8 Å². The van der Waals surface area contributed by atoms with E-state index in [1.807, 2.05) is 41.4 Å². The van der Waals surface area contributed by atoms with Crippen molar-refractivity contribution < 1.29 is 0 Å². The van der Waals surface area contributed by atoms with Crippen molar-refractivity contribution in [3.8, 4) is 11.3 Å². The molecule has 0 saturated carbocycles. The number of hydrogen-bond acceptors (Lipinski definition) is 5. The summed E-state index contributed by atoms with van der Waals surface area (Å²) in [6.07, 6.45) is 12.1. The predicted molar refractivity (Wildman–Crippen MR) is 124 cm³/mol. The summed E-state index contributed by atoms with van der Waals surface area (Å²) in [7, 11) is 0. The first-order valence-electron chi connectivity index (χ1n) is 10.6. The van der Waals surface area contributed by atoms with E-state index in [1.165, 1.54) is 30.5 Å². The van der Waals surface area contributed by atoms with Gasteiger partial charge < -0.3 is 4.90 Å². The molecule has 4 aromatic heterocycles. The van der Waals surface area contributed by atoms with Crippen molar-refractivity contribution >= 4 is 23.7 Å². The second-order valence-electron chi connectivity index (χ2n) is 8.68. The van der Waals surface area contributed by atoms with Gasteiger partial charge in [0.05, 0.1) is 17.6 Å². The summed E-state index contributed by atoms with van der Waals surface area (Å²) in [6.45, 7) is 4.12. The number of piperidine rings is 1. The highest BCUT2D eigenvalue weighted by atomic mass is 35.5. The Hall–Kier alpha value is -2.99. The van der Waals surface area contributed by atoms with Gasteiger partial charge in [0.2, 0.25) is 0 Å². The molecule has 0 unspecified atom stereocenters. The third-order valence-corrected chi connectivity index (χ3v) is 6.87. The minimum absolute atomic E-state index is 0. The molecule has 6 rings (SSSR count). The van der Waals surface area contributed by atoms with Gasteiger partial charge in [0.1, 0.15) is 5.52 Å². The molecule has 5 heterocycles. The van der Waals surface area contributed by atoms with Crippen LogP contribution in [0.15, 0.2) is 55.1 Å². The van der Waals surface area contributed by atoms with Gasteiger partial charge in [0, 0.05) is 42.9 Å². The average molecular weight is 433 g/mol. The topological polar surface area (TPSA) is 59.2 Å². The van der Waals surface area contributed by atoms with Crippen LogP contribution in [0.5, 0.6) is 0 Å². The van der Waals surface area contributed by atoms with Crippen LogP contribution in [0.1, 0.15) is 29.8 Å². The molecule has 2 aliphatic rings. The lowest BCUT2D eigenvalue weighted by atomic mass is 9.76. The molecule has 0 radical (unpaired) electrons. The summed E-state index contributed by atoms with van der Waals surface area (Å²) in [5.41, 5.74) is 7.30. The lowest BCUT2D eigenvalue weighted by molar-refractivity contribution is 0.231. The summed E-state index contributed by atoms with van der Waals surface area (Å²) < 4.78 is 2.03. The van der Waals surface area contributed by atoms with Crippen LogP contribution in [0.2, 0.25) is 0 Å². The van der Waals surface area contributed by atoms with Crippen LogP contribution in [0, 0.1) is 12.3 Å². The Labute approximate surface area is 187 Å². The van der Waals surface area contributed by atoms with Crippen molar-refractivity contribution in [3.63, 3.8) is 0 Å². The lowest BCUT2D eigenvalue weighted by Crippen LogP contribution is -2.41. The van der Waals surface area contributed by atoms with Gasteiger partial charge in [-0.05, 0) is 67.9 Å². The van der Waals surface area contributed by atoms with Crippen molar-refractivity contribution in [3.05, 3.63) is 72.1 Å². The van der Waals surface area contributed by atoms with Gasteiger partial charge in [-0.15, -0.1) is 12.4 Å². The van der Waals surface area contributed by atoms with Gasteiger partial charge in [-0.2, -0.15) is 5.10 Å². The fourth-order valence-corrected chi connectivity index (χ4v) is 5.31.